The van der Waals surface area contributed by atoms with Crippen molar-refractivity contribution in [1.82, 2.24) is 20.4 Å². The summed E-state index contributed by atoms with van der Waals surface area (Å²) in [5.41, 5.74) is -0.889. The van der Waals surface area contributed by atoms with Gasteiger partial charge >= 0.3 is 12.1 Å². The zero-order valence-corrected chi connectivity index (χ0v) is 22.6. The molecule has 3 N–H and O–H groups in total. The third-order valence-electron chi connectivity index (χ3n) is 7.50. The second-order valence-corrected chi connectivity index (χ2v) is 11.1. The molecule has 40 heavy (non-hydrogen) atoms. The lowest BCUT2D eigenvalue weighted by atomic mass is 9.83. The van der Waals surface area contributed by atoms with Crippen molar-refractivity contribution in [3.8, 4) is 5.75 Å². The summed E-state index contributed by atoms with van der Waals surface area (Å²) in [4.78, 5) is 53.1. The van der Waals surface area contributed by atoms with Crippen molar-refractivity contribution in [2.24, 2.45) is 0 Å². The number of carbonyl (C=O) groups is 4. The second kappa shape index (κ2) is 10.2. The molecule has 0 radical (unpaired) electrons. The van der Waals surface area contributed by atoms with E-state index in [2.05, 4.69) is 10.6 Å². The number of urea groups is 1. The molecule has 0 aliphatic carbocycles. The summed E-state index contributed by atoms with van der Waals surface area (Å²) < 4.78 is 6.07. The van der Waals surface area contributed by atoms with Gasteiger partial charge in [0.2, 0.25) is 0 Å². The van der Waals surface area contributed by atoms with E-state index in [1.54, 1.807) is 45.0 Å². The Hall–Kier alpha value is -4.60. The zero-order chi connectivity index (χ0) is 28.7. The van der Waals surface area contributed by atoms with Gasteiger partial charge in [0, 0.05) is 18.5 Å². The second-order valence-electron chi connectivity index (χ2n) is 11.1. The minimum Gasteiger partial charge on any atom is -0.489 e. The monoisotopic (exact) mass is 544 g/mol. The van der Waals surface area contributed by atoms with Crippen LogP contribution in [0.5, 0.6) is 5.75 Å². The van der Waals surface area contributed by atoms with Crippen LogP contribution in [0, 0.1) is 0 Å². The quantitative estimate of drug-likeness (QED) is 0.388. The first-order valence-corrected chi connectivity index (χ1v) is 13.1. The molecule has 2 heterocycles. The van der Waals surface area contributed by atoms with Gasteiger partial charge in [-0.25, -0.2) is 9.59 Å². The molecule has 0 aromatic heterocycles. The third kappa shape index (κ3) is 4.81. The number of likely N-dealkylation sites (tertiary alicyclic amines) is 1. The standard InChI is InChI=1S/C30H32N4O6/c1-29(2,3)34(28(38)39)30(15-16-33(26(30)36)17-24-25(35)32-27(37)31-24)21-11-13-22(14-12-21)40-18-20-9-6-8-19-7-4-5-10-23(19)20/h4-14,24H,15-18H2,1-3H3,(H,38,39)(H2,31,32,35,37). The van der Waals surface area contributed by atoms with E-state index in [4.69, 9.17) is 4.74 Å². The van der Waals surface area contributed by atoms with Gasteiger partial charge in [0.1, 0.15) is 18.4 Å². The number of amides is 5. The number of imide groups is 1. The lowest BCUT2D eigenvalue weighted by Crippen LogP contribution is -2.61. The third-order valence-corrected chi connectivity index (χ3v) is 7.50. The Morgan fingerprint density at radius 1 is 1.05 bits per heavy atom. The van der Waals surface area contributed by atoms with Crippen LogP contribution in [0.25, 0.3) is 10.8 Å². The molecule has 2 saturated heterocycles. The summed E-state index contributed by atoms with van der Waals surface area (Å²) >= 11 is 0. The van der Waals surface area contributed by atoms with Crippen LogP contribution in [0.1, 0.15) is 38.3 Å². The number of carbonyl (C=O) groups excluding carboxylic acids is 3. The number of carboxylic acid groups (broad SMARTS) is 1. The van der Waals surface area contributed by atoms with Crippen LogP contribution < -0.4 is 15.4 Å². The van der Waals surface area contributed by atoms with Gasteiger partial charge in [-0.2, -0.15) is 0 Å². The van der Waals surface area contributed by atoms with Crippen molar-refractivity contribution >= 4 is 34.7 Å². The normalized spacial score (nSPS) is 20.9. The number of nitrogens with one attached hydrogen (secondary N) is 2. The van der Waals surface area contributed by atoms with E-state index >= 15 is 0 Å². The Labute approximate surface area is 231 Å². The molecule has 208 valence electrons. The predicted molar refractivity (Wildman–Crippen MR) is 148 cm³/mol. The van der Waals surface area contributed by atoms with Crippen LogP contribution in [0.2, 0.25) is 0 Å². The van der Waals surface area contributed by atoms with Gasteiger partial charge in [-0.15, -0.1) is 0 Å². The fraction of sp³-hybridized carbons (Fsp3) is 0.333. The molecule has 0 bridgehead atoms. The first kappa shape index (κ1) is 27.0. The maximum Gasteiger partial charge on any atom is 0.408 e. The Kier molecular flexibility index (Phi) is 6.87. The average Bonchev–Trinajstić information content (AvgIpc) is 3.40. The molecule has 3 aromatic rings. The van der Waals surface area contributed by atoms with Crippen molar-refractivity contribution in [3.05, 3.63) is 77.9 Å². The maximum atomic E-state index is 14.1. The number of hydrogen-bond donors (Lipinski definition) is 3. The van der Waals surface area contributed by atoms with Crippen molar-refractivity contribution in [3.63, 3.8) is 0 Å². The van der Waals surface area contributed by atoms with Gasteiger partial charge in [0.05, 0.1) is 6.54 Å². The smallest absolute Gasteiger partial charge is 0.408 e. The van der Waals surface area contributed by atoms with Gasteiger partial charge in [0.25, 0.3) is 11.8 Å². The highest BCUT2D eigenvalue weighted by Gasteiger charge is 2.57. The van der Waals surface area contributed by atoms with E-state index in [-0.39, 0.29) is 19.5 Å². The van der Waals surface area contributed by atoms with E-state index < -0.39 is 41.1 Å². The van der Waals surface area contributed by atoms with Crippen LogP contribution in [-0.4, -0.2) is 63.5 Å². The molecule has 0 spiro atoms. The summed E-state index contributed by atoms with van der Waals surface area (Å²) in [5, 5.41) is 17.2. The van der Waals surface area contributed by atoms with Crippen LogP contribution in [-0.2, 0) is 21.7 Å². The molecule has 10 heteroatoms. The van der Waals surface area contributed by atoms with E-state index in [9.17, 15) is 24.3 Å². The molecule has 2 aliphatic heterocycles. The van der Waals surface area contributed by atoms with Crippen LogP contribution >= 0.6 is 0 Å². The fourth-order valence-electron chi connectivity index (χ4n) is 5.78. The van der Waals surface area contributed by atoms with Crippen LogP contribution in [0.15, 0.2) is 66.7 Å². The fourth-order valence-corrected chi connectivity index (χ4v) is 5.78. The first-order chi connectivity index (χ1) is 19.0. The number of rotatable bonds is 7. The topological polar surface area (TPSA) is 128 Å². The van der Waals surface area contributed by atoms with Gasteiger partial charge in [0.15, 0.2) is 5.54 Å². The van der Waals surface area contributed by atoms with Crippen LogP contribution in [0.4, 0.5) is 9.59 Å². The zero-order valence-electron chi connectivity index (χ0n) is 22.6. The number of fused-ring (bicyclic) bond motifs is 1. The Bertz CT molecular complexity index is 1480. The SMILES string of the molecule is CC(C)(C)N(C(=O)O)C1(c2ccc(OCc3cccc4ccccc34)cc2)CCN(CC2NC(=O)NC2=O)C1=O. The Morgan fingerprint density at radius 2 is 1.75 bits per heavy atom. The number of benzene rings is 3. The van der Waals surface area contributed by atoms with Gasteiger partial charge in [-0.05, 0) is 54.8 Å². The number of hydrogen-bond acceptors (Lipinski definition) is 5. The van der Waals surface area contributed by atoms with Crippen molar-refractivity contribution in [2.45, 2.75) is 50.9 Å². The molecule has 5 amide bonds. The molecule has 2 aliphatic rings. The average molecular weight is 545 g/mol. The summed E-state index contributed by atoms with van der Waals surface area (Å²) in [7, 11) is 0. The predicted octanol–water partition coefficient (Wildman–Crippen LogP) is 3.83. The maximum absolute atomic E-state index is 14.1. The minimum atomic E-state index is -1.52. The lowest BCUT2D eigenvalue weighted by Gasteiger charge is -2.46. The highest BCUT2D eigenvalue weighted by atomic mass is 16.5. The summed E-state index contributed by atoms with van der Waals surface area (Å²) in [5.74, 6) is -0.380. The minimum absolute atomic E-state index is 0.0536. The number of ether oxygens (including phenoxy) is 1. The van der Waals surface area contributed by atoms with E-state index in [0.717, 1.165) is 16.3 Å². The molecule has 0 saturated carbocycles. The molecule has 10 nitrogen and oxygen atoms in total. The van der Waals surface area contributed by atoms with Gasteiger partial charge in [-0.3, -0.25) is 19.8 Å². The Morgan fingerprint density at radius 3 is 2.40 bits per heavy atom. The molecular weight excluding hydrogens is 512 g/mol. The molecule has 2 fully saturated rings. The lowest BCUT2D eigenvalue weighted by molar-refractivity contribution is -0.141. The summed E-state index contributed by atoms with van der Waals surface area (Å²) in [6, 6.07) is 19.5. The van der Waals surface area contributed by atoms with Crippen molar-refractivity contribution in [2.75, 3.05) is 13.1 Å². The van der Waals surface area contributed by atoms with E-state index in [0.29, 0.717) is 17.9 Å². The van der Waals surface area contributed by atoms with Crippen LogP contribution in [0.3, 0.4) is 0 Å². The Balaban J connectivity index is 1.43. The molecule has 2 atom stereocenters. The molecule has 2 unspecified atom stereocenters. The highest BCUT2D eigenvalue weighted by Crippen LogP contribution is 2.43. The summed E-state index contributed by atoms with van der Waals surface area (Å²) in [6.07, 6.45) is -1.04. The van der Waals surface area contributed by atoms with Gasteiger partial charge in [-0.1, -0.05) is 54.6 Å². The molecule has 5 rings (SSSR count). The first-order valence-electron chi connectivity index (χ1n) is 13.1. The van der Waals surface area contributed by atoms with Crippen molar-refractivity contribution < 1.29 is 29.0 Å². The van der Waals surface area contributed by atoms with E-state index in [1.807, 2.05) is 42.5 Å². The van der Waals surface area contributed by atoms with Crippen molar-refractivity contribution in [1.29, 1.82) is 0 Å². The van der Waals surface area contributed by atoms with E-state index in [1.165, 1.54) is 9.80 Å². The number of nitrogens with zero attached hydrogens (tertiary/aromatic N) is 2. The molecular formula is C30H32N4O6. The summed E-state index contributed by atoms with van der Waals surface area (Å²) in [6.45, 7) is 5.73. The van der Waals surface area contributed by atoms with Gasteiger partial charge < -0.3 is 20.1 Å². The largest absolute Gasteiger partial charge is 0.489 e. The highest BCUT2D eigenvalue weighted by molar-refractivity contribution is 6.04. The molecule has 3 aromatic carbocycles.